The van der Waals surface area contributed by atoms with Crippen LogP contribution in [0.15, 0.2) is 69.5 Å². The van der Waals surface area contributed by atoms with Gasteiger partial charge in [-0.25, -0.2) is 20.0 Å². The Morgan fingerprint density at radius 1 is 0.824 bits per heavy atom. The van der Waals surface area contributed by atoms with Crippen LogP contribution in [0.3, 0.4) is 0 Å². The van der Waals surface area contributed by atoms with Gasteiger partial charge in [-0.1, -0.05) is 19.1 Å². The molecule has 11 heteroatoms. The summed E-state index contributed by atoms with van der Waals surface area (Å²) >= 11 is 3.09. The zero-order chi connectivity index (χ0) is 24.2. The molecule has 0 amide bonds. The molecule has 4 aromatic rings. The van der Waals surface area contributed by atoms with Crippen molar-refractivity contribution in [2.75, 3.05) is 14.2 Å². The summed E-state index contributed by atoms with van der Waals surface area (Å²) in [5.41, 5.74) is 1.67. The summed E-state index contributed by atoms with van der Waals surface area (Å²) in [6, 6.07) is 11.3. The van der Waals surface area contributed by atoms with Crippen molar-refractivity contribution < 1.29 is 14.6 Å². The highest BCUT2D eigenvalue weighted by atomic mass is 32.1. The molecule has 4 rings (SSSR count). The van der Waals surface area contributed by atoms with E-state index in [0.717, 1.165) is 27.5 Å². The molecule has 180 valence electrons. The molecule has 1 N–H and O–H groups in total. The molecule has 0 atom stereocenters. The summed E-state index contributed by atoms with van der Waals surface area (Å²) in [6.45, 7) is 2.98. The molecule has 0 aromatic carbocycles. The SMILES string of the molecule is CCc1cccc(N=c2sccn2COC)n1.COCn1ccsc1=Nc1cccc(CO)n1. The molecule has 0 saturated heterocycles. The van der Waals surface area contributed by atoms with E-state index in [4.69, 9.17) is 14.6 Å². The van der Waals surface area contributed by atoms with E-state index in [0.29, 0.717) is 25.0 Å². The first-order chi connectivity index (χ1) is 16.7. The minimum atomic E-state index is -0.0775. The number of aliphatic hydroxyl groups is 1. The number of aromatic nitrogens is 4. The second kappa shape index (κ2) is 13.7. The maximum Gasteiger partial charge on any atom is 0.193 e. The molecule has 4 heterocycles. The van der Waals surface area contributed by atoms with Crippen molar-refractivity contribution in [2.24, 2.45) is 9.98 Å². The van der Waals surface area contributed by atoms with Crippen LogP contribution in [0.4, 0.5) is 11.6 Å². The minimum Gasteiger partial charge on any atom is -0.390 e. The lowest BCUT2D eigenvalue weighted by Gasteiger charge is -2.00. The van der Waals surface area contributed by atoms with Gasteiger partial charge in [-0.2, -0.15) is 0 Å². The number of ether oxygens (including phenoxy) is 2. The maximum absolute atomic E-state index is 9.00. The molecule has 9 nitrogen and oxygen atoms in total. The van der Waals surface area contributed by atoms with E-state index in [9.17, 15) is 0 Å². The fourth-order valence-electron chi connectivity index (χ4n) is 2.79. The van der Waals surface area contributed by atoms with Gasteiger partial charge in [-0.05, 0) is 30.7 Å². The Hall–Kier alpha value is -2.96. The monoisotopic (exact) mass is 500 g/mol. The molecular weight excluding hydrogens is 472 g/mol. The first-order valence-corrected chi connectivity index (χ1v) is 12.3. The number of aliphatic hydroxyl groups excluding tert-OH is 1. The van der Waals surface area contributed by atoms with E-state index < -0.39 is 0 Å². The minimum absolute atomic E-state index is 0.0775. The van der Waals surface area contributed by atoms with Gasteiger partial charge in [-0.15, -0.1) is 22.7 Å². The summed E-state index contributed by atoms with van der Waals surface area (Å²) < 4.78 is 14.0. The second-order valence-electron chi connectivity index (χ2n) is 6.86. The van der Waals surface area contributed by atoms with Crippen LogP contribution in [-0.4, -0.2) is 38.4 Å². The van der Waals surface area contributed by atoms with Crippen LogP contribution in [0.5, 0.6) is 0 Å². The summed E-state index contributed by atoms with van der Waals surface area (Å²) in [5.74, 6) is 1.33. The Morgan fingerprint density at radius 3 is 1.79 bits per heavy atom. The highest BCUT2D eigenvalue weighted by molar-refractivity contribution is 7.07. The molecular formula is C23H28N6O3S2. The maximum atomic E-state index is 9.00. The average Bonchev–Trinajstić information content (AvgIpc) is 3.49. The molecule has 0 aliphatic carbocycles. The standard InChI is InChI=1S/C12H15N3OS.C11H13N3O2S/c1-3-10-5-4-6-11(13-10)14-12-15(9-16-2)7-8-17-12;1-16-8-14-5-6-17-11(14)13-10-4-2-3-9(7-15)12-10/h4-8H,3,9H2,1-2H3;2-6,15H,7-8H2,1H3. The highest BCUT2D eigenvalue weighted by Crippen LogP contribution is 2.09. The van der Waals surface area contributed by atoms with E-state index in [1.807, 2.05) is 56.6 Å². The molecule has 0 bridgehead atoms. The number of aryl methyl sites for hydroxylation is 1. The average molecular weight is 501 g/mol. The molecule has 0 unspecified atom stereocenters. The smallest absolute Gasteiger partial charge is 0.193 e. The van der Waals surface area contributed by atoms with Crippen LogP contribution < -0.4 is 9.60 Å². The van der Waals surface area contributed by atoms with Gasteiger partial charge in [0.2, 0.25) is 0 Å². The van der Waals surface area contributed by atoms with Gasteiger partial charge in [0.1, 0.15) is 13.5 Å². The Balaban J connectivity index is 0.000000191. The first kappa shape index (κ1) is 25.7. The molecule has 0 aliphatic heterocycles. The van der Waals surface area contributed by atoms with Crippen molar-refractivity contribution in [1.29, 1.82) is 0 Å². The van der Waals surface area contributed by atoms with Gasteiger partial charge in [0.25, 0.3) is 0 Å². The van der Waals surface area contributed by atoms with Crippen molar-refractivity contribution in [3.63, 3.8) is 0 Å². The Kier molecular flexibility index (Phi) is 10.3. The molecule has 0 aliphatic rings. The van der Waals surface area contributed by atoms with Crippen LogP contribution >= 0.6 is 22.7 Å². The molecule has 0 fully saturated rings. The van der Waals surface area contributed by atoms with Crippen molar-refractivity contribution >= 4 is 34.3 Å². The van der Waals surface area contributed by atoms with E-state index in [1.165, 1.54) is 11.3 Å². The normalized spacial score (nSPS) is 12.0. The van der Waals surface area contributed by atoms with E-state index >= 15 is 0 Å². The third-order valence-electron chi connectivity index (χ3n) is 4.39. The largest absolute Gasteiger partial charge is 0.390 e. The number of thiazole rings is 2. The predicted molar refractivity (Wildman–Crippen MR) is 133 cm³/mol. The number of hydrogen-bond acceptors (Lipinski definition) is 9. The molecule has 0 spiro atoms. The van der Waals surface area contributed by atoms with Crippen LogP contribution in [-0.2, 0) is 36.0 Å². The molecule has 0 saturated carbocycles. The quantitative estimate of drug-likeness (QED) is 0.398. The van der Waals surface area contributed by atoms with Crippen LogP contribution in [0, 0.1) is 0 Å². The van der Waals surface area contributed by atoms with Crippen LogP contribution in [0.1, 0.15) is 18.3 Å². The van der Waals surface area contributed by atoms with Gasteiger partial charge in [0.15, 0.2) is 21.2 Å². The number of nitrogens with zero attached hydrogens (tertiary/aromatic N) is 6. The fourth-order valence-corrected chi connectivity index (χ4v) is 4.24. The summed E-state index contributed by atoms with van der Waals surface area (Å²) in [5, 5.41) is 12.9. The highest BCUT2D eigenvalue weighted by Gasteiger charge is 1.99. The zero-order valence-electron chi connectivity index (χ0n) is 19.4. The van der Waals surface area contributed by atoms with Gasteiger partial charge in [0.05, 0.1) is 12.3 Å². The third kappa shape index (κ3) is 7.54. The van der Waals surface area contributed by atoms with Crippen LogP contribution in [0.2, 0.25) is 0 Å². The lowest BCUT2D eigenvalue weighted by Crippen LogP contribution is -2.14. The number of pyridine rings is 2. The van der Waals surface area contributed by atoms with Gasteiger partial charge >= 0.3 is 0 Å². The lowest BCUT2D eigenvalue weighted by atomic mass is 10.3. The number of methoxy groups -OCH3 is 2. The first-order valence-electron chi connectivity index (χ1n) is 10.5. The number of rotatable bonds is 8. The van der Waals surface area contributed by atoms with Crippen LogP contribution in [0.25, 0.3) is 0 Å². The molecule has 4 aromatic heterocycles. The van der Waals surface area contributed by atoms with E-state index in [-0.39, 0.29) is 6.61 Å². The van der Waals surface area contributed by atoms with E-state index in [1.54, 1.807) is 37.7 Å². The van der Waals surface area contributed by atoms with Crippen molar-refractivity contribution in [3.05, 3.63) is 80.5 Å². The topological polar surface area (TPSA) is 99.1 Å². The Labute approximate surface area is 206 Å². The Bertz CT molecular complexity index is 1190. The third-order valence-corrected chi connectivity index (χ3v) is 5.97. The predicted octanol–water partition coefficient (Wildman–Crippen LogP) is 3.62. The molecule has 0 radical (unpaired) electrons. The summed E-state index contributed by atoms with van der Waals surface area (Å²) in [6.07, 6.45) is 4.78. The summed E-state index contributed by atoms with van der Waals surface area (Å²) in [7, 11) is 3.31. The fraction of sp³-hybridized carbons (Fsp3) is 0.304. The van der Waals surface area contributed by atoms with Gasteiger partial charge < -0.3 is 14.6 Å². The molecule has 34 heavy (non-hydrogen) atoms. The van der Waals surface area contributed by atoms with Crippen molar-refractivity contribution in [1.82, 2.24) is 19.1 Å². The van der Waals surface area contributed by atoms with E-state index in [2.05, 4.69) is 26.9 Å². The van der Waals surface area contributed by atoms with Crippen molar-refractivity contribution in [3.8, 4) is 0 Å². The Morgan fingerprint density at radius 2 is 1.32 bits per heavy atom. The number of hydrogen-bond donors (Lipinski definition) is 1. The zero-order valence-corrected chi connectivity index (χ0v) is 21.0. The van der Waals surface area contributed by atoms with Gasteiger partial charge in [0, 0.05) is 43.1 Å². The second-order valence-corrected chi connectivity index (χ2v) is 8.60. The lowest BCUT2D eigenvalue weighted by molar-refractivity contribution is 0.129. The van der Waals surface area contributed by atoms with Gasteiger partial charge in [-0.3, -0.25) is 9.13 Å². The van der Waals surface area contributed by atoms with Crippen molar-refractivity contribution in [2.45, 2.75) is 33.4 Å². The summed E-state index contributed by atoms with van der Waals surface area (Å²) in [4.78, 5) is 19.3.